The molecule has 0 radical (unpaired) electrons. The summed E-state index contributed by atoms with van der Waals surface area (Å²) in [6.45, 7) is 4.30. The third kappa shape index (κ3) is 3.97. The van der Waals surface area contributed by atoms with Crippen molar-refractivity contribution in [2.75, 3.05) is 26.3 Å². The maximum absolute atomic E-state index is 14.3. The number of morpholine rings is 1. The normalized spacial score (nSPS) is 14.8. The highest BCUT2D eigenvalue weighted by Crippen LogP contribution is 2.30. The van der Waals surface area contributed by atoms with Gasteiger partial charge in [-0.2, -0.15) is 0 Å². The summed E-state index contributed by atoms with van der Waals surface area (Å²) < 4.78 is 23.2. The zero-order valence-corrected chi connectivity index (χ0v) is 17.1. The summed E-state index contributed by atoms with van der Waals surface area (Å²) in [4.78, 5) is 11.5. The van der Waals surface area contributed by atoms with Crippen LogP contribution in [0.25, 0.3) is 28.5 Å². The Kier molecular flexibility index (Phi) is 5.27. The van der Waals surface area contributed by atoms with Gasteiger partial charge in [0.25, 0.3) is 0 Å². The average Bonchev–Trinajstić information content (AvgIpc) is 3.42. The number of nitrogens with zero attached hydrogens (tertiary/aromatic N) is 7. The number of pyridine rings is 1. The van der Waals surface area contributed by atoms with Crippen LogP contribution in [0.4, 0.5) is 4.39 Å². The van der Waals surface area contributed by atoms with Crippen LogP contribution in [0.1, 0.15) is 5.56 Å². The molecule has 0 N–H and O–H groups in total. The summed E-state index contributed by atoms with van der Waals surface area (Å²) in [6.07, 6.45) is 5.44. The van der Waals surface area contributed by atoms with Gasteiger partial charge in [-0.3, -0.25) is 9.47 Å². The predicted octanol–water partition coefficient (Wildman–Crippen LogP) is 2.70. The quantitative estimate of drug-likeness (QED) is 0.495. The van der Waals surface area contributed by atoms with Crippen molar-refractivity contribution in [3.63, 3.8) is 0 Å². The van der Waals surface area contributed by atoms with E-state index in [4.69, 9.17) is 4.74 Å². The lowest BCUT2D eigenvalue weighted by molar-refractivity contribution is 0.0341. The van der Waals surface area contributed by atoms with Gasteiger partial charge in [-0.15, -0.1) is 5.10 Å². The van der Waals surface area contributed by atoms with E-state index >= 15 is 0 Å². The second-order valence-electron chi connectivity index (χ2n) is 7.47. The molecule has 1 aliphatic heterocycles. The number of hydrogen-bond donors (Lipinski definition) is 0. The number of halogens is 1. The van der Waals surface area contributed by atoms with E-state index in [-0.39, 0.29) is 5.82 Å². The maximum atomic E-state index is 14.3. The smallest absolute Gasteiger partial charge is 0.137 e. The SMILES string of the molecule is Cn1nnc(-c2ccccc2F)c1-c1cn(-c2ccc(CN3CCOCC3)cn2)cn1. The first-order valence-electron chi connectivity index (χ1n) is 10.1. The number of ether oxygens (including phenoxy) is 1. The molecule has 3 aromatic heterocycles. The summed E-state index contributed by atoms with van der Waals surface area (Å²) in [5, 5.41) is 8.25. The summed E-state index contributed by atoms with van der Waals surface area (Å²) >= 11 is 0. The summed E-state index contributed by atoms with van der Waals surface area (Å²) in [5.41, 5.74) is 3.30. The zero-order valence-electron chi connectivity index (χ0n) is 17.1. The Morgan fingerprint density at radius 3 is 2.68 bits per heavy atom. The molecule has 0 spiro atoms. The molecule has 8 nitrogen and oxygen atoms in total. The summed E-state index contributed by atoms with van der Waals surface area (Å²) in [7, 11) is 1.77. The van der Waals surface area contributed by atoms with Crippen LogP contribution in [0.2, 0.25) is 0 Å². The fourth-order valence-corrected chi connectivity index (χ4v) is 3.73. The van der Waals surface area contributed by atoms with E-state index in [0.717, 1.165) is 44.2 Å². The molecule has 0 amide bonds. The Morgan fingerprint density at radius 1 is 1.06 bits per heavy atom. The van der Waals surface area contributed by atoms with E-state index in [1.54, 1.807) is 36.3 Å². The van der Waals surface area contributed by atoms with Gasteiger partial charge in [-0.05, 0) is 23.8 Å². The summed E-state index contributed by atoms with van der Waals surface area (Å²) in [6, 6.07) is 10.6. The minimum Gasteiger partial charge on any atom is -0.379 e. The van der Waals surface area contributed by atoms with E-state index in [0.29, 0.717) is 22.6 Å². The molecule has 4 aromatic rings. The van der Waals surface area contributed by atoms with Gasteiger partial charge >= 0.3 is 0 Å². The molecule has 0 saturated carbocycles. The van der Waals surface area contributed by atoms with Crippen molar-refractivity contribution >= 4 is 0 Å². The van der Waals surface area contributed by atoms with Crippen LogP contribution in [0, 0.1) is 5.82 Å². The van der Waals surface area contributed by atoms with Crippen LogP contribution in [-0.4, -0.2) is 60.7 Å². The minimum absolute atomic E-state index is 0.346. The Hall–Kier alpha value is -3.43. The topological polar surface area (TPSA) is 73.9 Å². The van der Waals surface area contributed by atoms with E-state index in [1.165, 1.54) is 6.07 Å². The lowest BCUT2D eigenvalue weighted by Crippen LogP contribution is -2.35. The monoisotopic (exact) mass is 419 g/mol. The molecule has 158 valence electrons. The van der Waals surface area contributed by atoms with Crippen molar-refractivity contribution in [1.82, 2.24) is 34.4 Å². The van der Waals surface area contributed by atoms with Gasteiger partial charge in [-0.25, -0.2) is 19.0 Å². The molecule has 0 unspecified atom stereocenters. The Labute approximate surface area is 178 Å². The number of benzene rings is 1. The van der Waals surface area contributed by atoms with Gasteiger partial charge in [-0.1, -0.05) is 23.4 Å². The number of aromatic nitrogens is 6. The van der Waals surface area contributed by atoms with Crippen LogP contribution in [-0.2, 0) is 18.3 Å². The second kappa shape index (κ2) is 8.37. The first kappa shape index (κ1) is 19.5. The molecule has 1 aromatic carbocycles. The van der Waals surface area contributed by atoms with Gasteiger partial charge in [0.1, 0.15) is 35.0 Å². The Balaban J connectivity index is 1.40. The number of aryl methyl sites for hydroxylation is 1. The van der Waals surface area contributed by atoms with Crippen molar-refractivity contribution in [2.45, 2.75) is 6.54 Å². The molecule has 1 aliphatic rings. The molecule has 5 rings (SSSR count). The van der Waals surface area contributed by atoms with E-state index in [2.05, 4.69) is 31.2 Å². The molecule has 4 heterocycles. The molecule has 0 bridgehead atoms. The molecule has 1 fully saturated rings. The molecule has 1 saturated heterocycles. The molecule has 0 aliphatic carbocycles. The van der Waals surface area contributed by atoms with E-state index in [1.807, 2.05) is 23.0 Å². The van der Waals surface area contributed by atoms with Crippen molar-refractivity contribution in [3.8, 4) is 28.5 Å². The van der Waals surface area contributed by atoms with Crippen LogP contribution >= 0.6 is 0 Å². The van der Waals surface area contributed by atoms with Gasteiger partial charge in [0.05, 0.1) is 13.2 Å². The van der Waals surface area contributed by atoms with Crippen LogP contribution in [0.5, 0.6) is 0 Å². The number of rotatable bonds is 5. The van der Waals surface area contributed by atoms with E-state index in [9.17, 15) is 4.39 Å². The number of hydrogen-bond acceptors (Lipinski definition) is 6. The lowest BCUT2D eigenvalue weighted by Gasteiger charge is -2.26. The zero-order chi connectivity index (χ0) is 21.2. The van der Waals surface area contributed by atoms with Gasteiger partial charge in [0, 0.05) is 44.6 Å². The van der Waals surface area contributed by atoms with Crippen molar-refractivity contribution in [1.29, 1.82) is 0 Å². The fourth-order valence-electron chi connectivity index (χ4n) is 3.73. The fraction of sp³-hybridized carbons (Fsp3) is 0.273. The van der Waals surface area contributed by atoms with Crippen LogP contribution < -0.4 is 0 Å². The van der Waals surface area contributed by atoms with Gasteiger partial charge in [0.2, 0.25) is 0 Å². The Morgan fingerprint density at radius 2 is 1.90 bits per heavy atom. The first-order chi connectivity index (χ1) is 15.2. The molecule has 0 atom stereocenters. The molecular weight excluding hydrogens is 397 g/mol. The highest BCUT2D eigenvalue weighted by atomic mass is 19.1. The van der Waals surface area contributed by atoms with Gasteiger partial charge in [0.15, 0.2) is 0 Å². The average molecular weight is 419 g/mol. The number of imidazole rings is 1. The lowest BCUT2D eigenvalue weighted by atomic mass is 10.1. The standard InChI is InChI=1S/C22H22FN7O/c1-28-22(21(26-27-28)17-4-2-3-5-18(17)23)19-14-30(15-25-19)20-7-6-16(12-24-20)13-29-8-10-31-11-9-29/h2-7,12,14-15H,8-11,13H2,1H3. The minimum atomic E-state index is -0.346. The first-order valence-corrected chi connectivity index (χ1v) is 10.1. The van der Waals surface area contributed by atoms with E-state index < -0.39 is 0 Å². The van der Waals surface area contributed by atoms with Crippen molar-refractivity contribution in [3.05, 3.63) is 66.5 Å². The highest BCUT2D eigenvalue weighted by molar-refractivity contribution is 5.76. The van der Waals surface area contributed by atoms with Crippen LogP contribution in [0.15, 0.2) is 55.1 Å². The second-order valence-corrected chi connectivity index (χ2v) is 7.47. The highest BCUT2D eigenvalue weighted by Gasteiger charge is 2.20. The third-order valence-electron chi connectivity index (χ3n) is 5.36. The van der Waals surface area contributed by atoms with Crippen molar-refractivity contribution in [2.24, 2.45) is 7.05 Å². The summed E-state index contributed by atoms with van der Waals surface area (Å²) in [5.74, 6) is 0.410. The molecular formula is C22H22FN7O. The molecule has 31 heavy (non-hydrogen) atoms. The largest absolute Gasteiger partial charge is 0.379 e. The van der Waals surface area contributed by atoms with Gasteiger partial charge < -0.3 is 4.74 Å². The Bertz CT molecular complexity index is 1180. The van der Waals surface area contributed by atoms with Crippen molar-refractivity contribution < 1.29 is 9.13 Å². The maximum Gasteiger partial charge on any atom is 0.137 e. The van der Waals surface area contributed by atoms with Crippen LogP contribution in [0.3, 0.4) is 0 Å². The molecule has 9 heteroatoms. The third-order valence-corrected chi connectivity index (χ3v) is 5.36. The predicted molar refractivity (Wildman–Crippen MR) is 113 cm³/mol.